The summed E-state index contributed by atoms with van der Waals surface area (Å²) in [4.78, 5) is 30.9. The minimum Gasteiger partial charge on any atom is -0.350 e. The summed E-state index contributed by atoms with van der Waals surface area (Å²) in [6.45, 7) is 4.12. The number of amides is 1. The van der Waals surface area contributed by atoms with Crippen LogP contribution in [0.25, 0.3) is 10.2 Å². The van der Waals surface area contributed by atoms with Gasteiger partial charge in [-0.15, -0.1) is 11.3 Å². The number of carbonyl (C=O) groups is 1. The van der Waals surface area contributed by atoms with Gasteiger partial charge in [0.25, 0.3) is 5.56 Å². The third-order valence-corrected chi connectivity index (χ3v) is 4.54. The Morgan fingerprint density at radius 3 is 2.74 bits per heavy atom. The molecule has 118 valence electrons. The molecule has 3 rings (SSSR count). The molecule has 0 bridgehead atoms. The number of fused-ring (bicyclic) bond motifs is 1. The molecular weight excluding hydrogens is 310 g/mol. The molecule has 6 heteroatoms. The minimum atomic E-state index is -0.202. The molecule has 0 saturated carbocycles. The summed E-state index contributed by atoms with van der Waals surface area (Å²) in [5, 5.41) is 3.41. The first-order valence-corrected chi connectivity index (χ1v) is 8.14. The van der Waals surface area contributed by atoms with Gasteiger partial charge in [-0.25, -0.2) is 4.98 Å². The number of benzene rings is 1. The first kappa shape index (κ1) is 15.4. The lowest BCUT2D eigenvalue weighted by Gasteiger charge is -2.10. The number of rotatable bonds is 4. The van der Waals surface area contributed by atoms with E-state index in [0.717, 1.165) is 15.3 Å². The van der Waals surface area contributed by atoms with Crippen LogP contribution < -0.4 is 10.9 Å². The molecule has 0 saturated heterocycles. The maximum absolute atomic E-state index is 12.5. The Kier molecular flexibility index (Phi) is 4.25. The largest absolute Gasteiger partial charge is 0.350 e. The number of aromatic nitrogens is 2. The molecule has 3 aromatic rings. The first-order valence-electron chi connectivity index (χ1n) is 7.33. The normalized spacial score (nSPS) is 10.9. The Labute approximate surface area is 137 Å². The second-order valence-electron chi connectivity index (χ2n) is 5.39. The molecule has 0 aliphatic heterocycles. The van der Waals surface area contributed by atoms with E-state index in [4.69, 9.17) is 0 Å². The fraction of sp³-hybridized carbons (Fsp3) is 0.235. The summed E-state index contributed by atoms with van der Waals surface area (Å²) in [5.74, 6) is 0.353. The van der Waals surface area contributed by atoms with E-state index in [0.29, 0.717) is 17.8 Å². The van der Waals surface area contributed by atoms with Crippen LogP contribution >= 0.6 is 11.3 Å². The van der Waals surface area contributed by atoms with Crippen LogP contribution in [0.4, 0.5) is 0 Å². The molecule has 0 unspecified atom stereocenters. The molecule has 1 N–H and O–H groups in total. The van der Waals surface area contributed by atoms with Gasteiger partial charge in [-0.1, -0.05) is 30.3 Å². The molecule has 0 atom stereocenters. The number of nitrogens with zero attached hydrogens (tertiary/aromatic N) is 2. The molecule has 1 aromatic carbocycles. The van der Waals surface area contributed by atoms with Gasteiger partial charge < -0.3 is 5.32 Å². The van der Waals surface area contributed by atoms with Gasteiger partial charge in [-0.3, -0.25) is 14.2 Å². The van der Waals surface area contributed by atoms with Gasteiger partial charge in [0.05, 0.1) is 5.39 Å². The van der Waals surface area contributed by atoms with Crippen molar-refractivity contribution in [2.45, 2.75) is 26.9 Å². The SMILES string of the molecule is Cc1cc2c(=O)n(CC(=O)NCc3ccccc3)c(C)nc2s1. The van der Waals surface area contributed by atoms with Crippen LogP contribution in [0.5, 0.6) is 0 Å². The molecule has 1 amide bonds. The maximum Gasteiger partial charge on any atom is 0.262 e. The lowest BCUT2D eigenvalue weighted by molar-refractivity contribution is -0.121. The van der Waals surface area contributed by atoms with E-state index in [2.05, 4.69) is 10.3 Å². The van der Waals surface area contributed by atoms with Gasteiger partial charge in [-0.2, -0.15) is 0 Å². The highest BCUT2D eigenvalue weighted by molar-refractivity contribution is 7.18. The Morgan fingerprint density at radius 1 is 1.26 bits per heavy atom. The monoisotopic (exact) mass is 327 g/mol. The molecule has 5 nitrogen and oxygen atoms in total. The van der Waals surface area contributed by atoms with E-state index in [-0.39, 0.29) is 18.0 Å². The van der Waals surface area contributed by atoms with Gasteiger partial charge >= 0.3 is 0 Å². The number of nitrogens with one attached hydrogen (secondary N) is 1. The number of aryl methyl sites for hydroxylation is 2. The third kappa shape index (κ3) is 3.32. The minimum absolute atomic E-state index is 0.0185. The van der Waals surface area contributed by atoms with Crippen LogP contribution in [0.2, 0.25) is 0 Å². The average molecular weight is 327 g/mol. The molecule has 0 fully saturated rings. The van der Waals surface area contributed by atoms with Crippen LogP contribution in [-0.2, 0) is 17.9 Å². The van der Waals surface area contributed by atoms with Crippen LogP contribution in [0.1, 0.15) is 16.3 Å². The van der Waals surface area contributed by atoms with Crippen LogP contribution in [0, 0.1) is 13.8 Å². The van der Waals surface area contributed by atoms with Crippen molar-refractivity contribution in [3.63, 3.8) is 0 Å². The fourth-order valence-electron chi connectivity index (χ4n) is 2.42. The fourth-order valence-corrected chi connectivity index (χ4v) is 3.34. The second-order valence-corrected chi connectivity index (χ2v) is 6.62. The summed E-state index contributed by atoms with van der Waals surface area (Å²) in [7, 11) is 0. The lowest BCUT2D eigenvalue weighted by Crippen LogP contribution is -2.33. The van der Waals surface area contributed by atoms with Crippen LogP contribution in [-0.4, -0.2) is 15.5 Å². The highest BCUT2D eigenvalue weighted by atomic mass is 32.1. The number of hydrogen-bond donors (Lipinski definition) is 1. The molecule has 0 aliphatic rings. The van der Waals surface area contributed by atoms with Gasteiger partial charge in [0.15, 0.2) is 0 Å². The van der Waals surface area contributed by atoms with Crippen molar-refractivity contribution >= 4 is 27.5 Å². The molecule has 0 spiro atoms. The lowest BCUT2D eigenvalue weighted by atomic mass is 10.2. The molecular formula is C17H17N3O2S. The van der Waals surface area contributed by atoms with Gasteiger partial charge in [0.1, 0.15) is 17.2 Å². The summed E-state index contributed by atoms with van der Waals surface area (Å²) in [5.41, 5.74) is 0.860. The number of thiophene rings is 1. The summed E-state index contributed by atoms with van der Waals surface area (Å²) in [6, 6.07) is 11.5. The van der Waals surface area contributed by atoms with Crippen LogP contribution in [0.15, 0.2) is 41.2 Å². The van der Waals surface area contributed by atoms with Crippen LogP contribution in [0.3, 0.4) is 0 Å². The predicted molar refractivity (Wildman–Crippen MR) is 91.6 cm³/mol. The van der Waals surface area contributed by atoms with Crippen molar-refractivity contribution in [3.05, 3.63) is 63.0 Å². The maximum atomic E-state index is 12.5. The average Bonchev–Trinajstić information content (AvgIpc) is 2.91. The molecule has 23 heavy (non-hydrogen) atoms. The summed E-state index contributed by atoms with van der Waals surface area (Å²) < 4.78 is 1.43. The standard InChI is InChI=1S/C17H17N3O2S/c1-11-8-14-16(23-11)19-12(2)20(17(14)22)10-15(21)18-9-13-6-4-3-5-7-13/h3-8H,9-10H2,1-2H3,(H,18,21). The Hall–Kier alpha value is -2.47. The molecule has 0 radical (unpaired) electrons. The van der Waals surface area contributed by atoms with E-state index in [1.54, 1.807) is 6.92 Å². The number of carbonyl (C=O) groups excluding carboxylic acids is 1. The summed E-state index contributed by atoms with van der Waals surface area (Å²) >= 11 is 1.49. The van der Waals surface area contributed by atoms with E-state index >= 15 is 0 Å². The zero-order valence-electron chi connectivity index (χ0n) is 13.0. The Morgan fingerprint density at radius 2 is 2.00 bits per heavy atom. The van der Waals surface area contributed by atoms with Gasteiger partial charge in [0.2, 0.25) is 5.91 Å². The predicted octanol–water partition coefficient (Wildman–Crippen LogP) is 2.39. The van der Waals surface area contributed by atoms with E-state index in [1.807, 2.05) is 43.3 Å². The van der Waals surface area contributed by atoms with Gasteiger partial charge in [0, 0.05) is 11.4 Å². The zero-order valence-corrected chi connectivity index (χ0v) is 13.8. The highest BCUT2D eigenvalue weighted by Crippen LogP contribution is 2.20. The van der Waals surface area contributed by atoms with Crippen molar-refractivity contribution in [1.29, 1.82) is 0 Å². The van der Waals surface area contributed by atoms with Crippen molar-refractivity contribution in [3.8, 4) is 0 Å². The molecule has 2 aromatic heterocycles. The summed E-state index contributed by atoms with van der Waals surface area (Å²) in [6.07, 6.45) is 0. The Balaban J connectivity index is 1.78. The van der Waals surface area contributed by atoms with Crippen molar-refractivity contribution in [2.24, 2.45) is 0 Å². The Bertz CT molecular complexity index is 913. The second kappa shape index (κ2) is 6.34. The smallest absolute Gasteiger partial charge is 0.262 e. The molecule has 2 heterocycles. The third-order valence-electron chi connectivity index (χ3n) is 3.60. The van der Waals surface area contributed by atoms with Crippen molar-refractivity contribution in [1.82, 2.24) is 14.9 Å². The van der Waals surface area contributed by atoms with E-state index in [1.165, 1.54) is 15.9 Å². The van der Waals surface area contributed by atoms with Crippen molar-refractivity contribution < 1.29 is 4.79 Å². The van der Waals surface area contributed by atoms with E-state index < -0.39 is 0 Å². The van der Waals surface area contributed by atoms with Crippen molar-refractivity contribution in [2.75, 3.05) is 0 Å². The number of hydrogen-bond acceptors (Lipinski definition) is 4. The highest BCUT2D eigenvalue weighted by Gasteiger charge is 2.13. The molecule has 0 aliphatic carbocycles. The zero-order chi connectivity index (χ0) is 16.4. The van der Waals surface area contributed by atoms with E-state index in [9.17, 15) is 9.59 Å². The topological polar surface area (TPSA) is 64.0 Å². The quantitative estimate of drug-likeness (QED) is 0.800. The first-order chi connectivity index (χ1) is 11.0. The van der Waals surface area contributed by atoms with Gasteiger partial charge in [-0.05, 0) is 25.5 Å².